The average Bonchev–Trinajstić information content (AvgIpc) is 2.90. The Morgan fingerprint density at radius 1 is 1.38 bits per heavy atom. The number of carbonyl (C=O) groups is 1. The highest BCUT2D eigenvalue weighted by molar-refractivity contribution is 6.29. The zero-order valence-corrected chi connectivity index (χ0v) is 13.1. The molecule has 1 atom stereocenters. The Morgan fingerprint density at radius 3 is 2.76 bits per heavy atom. The van der Waals surface area contributed by atoms with E-state index in [0.29, 0.717) is 17.3 Å². The summed E-state index contributed by atoms with van der Waals surface area (Å²) in [7, 11) is 0. The third kappa shape index (κ3) is 4.29. The van der Waals surface area contributed by atoms with Gasteiger partial charge in [0.05, 0.1) is 6.54 Å². The molecule has 0 saturated heterocycles. The minimum atomic E-state index is -0.152. The van der Waals surface area contributed by atoms with Crippen LogP contribution in [-0.2, 0) is 6.54 Å². The number of pyridine rings is 1. The Morgan fingerprint density at radius 2 is 2.14 bits per heavy atom. The number of halogens is 1. The van der Waals surface area contributed by atoms with Gasteiger partial charge in [-0.1, -0.05) is 25.4 Å². The van der Waals surface area contributed by atoms with Crippen molar-refractivity contribution in [3.8, 4) is 0 Å². The van der Waals surface area contributed by atoms with Crippen LogP contribution in [0.1, 0.15) is 42.7 Å². The molecule has 0 aliphatic carbocycles. The molecular formula is C15H19ClN4O. The first-order valence-electron chi connectivity index (χ1n) is 6.91. The first-order valence-corrected chi connectivity index (χ1v) is 7.29. The SMILES string of the molecule is CC(Cn1cccn1)NC(=O)c1cc(Cl)nc(C(C)C)c1. The lowest BCUT2D eigenvalue weighted by Gasteiger charge is -2.15. The highest BCUT2D eigenvalue weighted by Crippen LogP contribution is 2.17. The Bertz CT molecular complexity index is 610. The molecule has 0 saturated carbocycles. The minimum Gasteiger partial charge on any atom is -0.348 e. The lowest BCUT2D eigenvalue weighted by molar-refractivity contribution is 0.0936. The highest BCUT2D eigenvalue weighted by atomic mass is 35.5. The van der Waals surface area contributed by atoms with Crippen molar-refractivity contribution in [3.05, 3.63) is 47.0 Å². The van der Waals surface area contributed by atoms with E-state index in [2.05, 4.69) is 15.4 Å². The molecule has 1 amide bonds. The van der Waals surface area contributed by atoms with Gasteiger partial charge in [0, 0.05) is 29.7 Å². The molecule has 0 bridgehead atoms. The monoisotopic (exact) mass is 306 g/mol. The van der Waals surface area contributed by atoms with E-state index in [4.69, 9.17) is 11.6 Å². The van der Waals surface area contributed by atoms with E-state index in [1.165, 1.54) is 0 Å². The molecule has 0 spiro atoms. The number of nitrogens with zero attached hydrogens (tertiary/aromatic N) is 3. The first kappa shape index (κ1) is 15.5. The van der Waals surface area contributed by atoms with E-state index >= 15 is 0 Å². The number of rotatable bonds is 5. The van der Waals surface area contributed by atoms with E-state index in [0.717, 1.165) is 5.69 Å². The average molecular weight is 307 g/mol. The lowest BCUT2D eigenvalue weighted by atomic mass is 10.1. The first-order chi connectivity index (χ1) is 9.95. The lowest BCUT2D eigenvalue weighted by Crippen LogP contribution is -2.35. The topological polar surface area (TPSA) is 59.8 Å². The standard InChI is InChI=1S/C15H19ClN4O/c1-10(2)13-7-12(8-14(16)19-13)15(21)18-11(3)9-20-6-4-5-17-20/h4-8,10-11H,9H2,1-3H3,(H,18,21). The largest absolute Gasteiger partial charge is 0.348 e. The van der Waals surface area contributed by atoms with Crippen LogP contribution in [0.3, 0.4) is 0 Å². The van der Waals surface area contributed by atoms with Crippen LogP contribution < -0.4 is 5.32 Å². The zero-order valence-electron chi connectivity index (χ0n) is 12.4. The highest BCUT2D eigenvalue weighted by Gasteiger charge is 2.13. The van der Waals surface area contributed by atoms with Gasteiger partial charge < -0.3 is 5.32 Å². The summed E-state index contributed by atoms with van der Waals surface area (Å²) in [6.45, 7) is 6.59. The van der Waals surface area contributed by atoms with Gasteiger partial charge in [-0.25, -0.2) is 4.98 Å². The molecule has 2 aromatic heterocycles. The van der Waals surface area contributed by atoms with Crippen molar-refractivity contribution in [3.63, 3.8) is 0 Å². The number of hydrogen-bond acceptors (Lipinski definition) is 3. The summed E-state index contributed by atoms with van der Waals surface area (Å²) in [4.78, 5) is 16.5. The molecule has 1 unspecified atom stereocenters. The number of hydrogen-bond donors (Lipinski definition) is 1. The van der Waals surface area contributed by atoms with E-state index in [9.17, 15) is 4.79 Å². The van der Waals surface area contributed by atoms with Crippen molar-refractivity contribution in [2.45, 2.75) is 39.3 Å². The molecule has 112 valence electrons. The van der Waals surface area contributed by atoms with Gasteiger partial charge in [0.2, 0.25) is 0 Å². The van der Waals surface area contributed by atoms with Gasteiger partial charge in [-0.05, 0) is 31.0 Å². The molecule has 0 aliphatic heterocycles. The van der Waals surface area contributed by atoms with Gasteiger partial charge in [0.1, 0.15) is 5.15 Å². The van der Waals surface area contributed by atoms with Crippen LogP contribution in [-0.4, -0.2) is 26.7 Å². The van der Waals surface area contributed by atoms with Crippen LogP contribution >= 0.6 is 11.6 Å². The van der Waals surface area contributed by atoms with Crippen molar-refractivity contribution < 1.29 is 4.79 Å². The van der Waals surface area contributed by atoms with Crippen molar-refractivity contribution in [1.29, 1.82) is 0 Å². The summed E-state index contributed by atoms with van der Waals surface area (Å²) >= 11 is 5.98. The van der Waals surface area contributed by atoms with Crippen molar-refractivity contribution in [2.24, 2.45) is 0 Å². The molecule has 0 aliphatic rings. The third-order valence-corrected chi connectivity index (χ3v) is 3.26. The van der Waals surface area contributed by atoms with E-state index < -0.39 is 0 Å². The molecule has 2 aromatic rings. The molecule has 0 radical (unpaired) electrons. The van der Waals surface area contributed by atoms with Gasteiger partial charge in [-0.15, -0.1) is 0 Å². The molecule has 1 N–H and O–H groups in total. The third-order valence-electron chi connectivity index (χ3n) is 3.07. The van der Waals surface area contributed by atoms with Gasteiger partial charge in [0.15, 0.2) is 0 Å². The molecule has 21 heavy (non-hydrogen) atoms. The predicted molar refractivity (Wildman–Crippen MR) is 82.5 cm³/mol. The van der Waals surface area contributed by atoms with Crippen LogP contribution in [0.15, 0.2) is 30.6 Å². The number of aromatic nitrogens is 3. The Balaban J connectivity index is 2.06. The zero-order chi connectivity index (χ0) is 15.4. The number of nitrogens with one attached hydrogen (secondary N) is 1. The molecule has 2 rings (SSSR count). The van der Waals surface area contributed by atoms with Crippen LogP contribution in [0.2, 0.25) is 5.15 Å². The van der Waals surface area contributed by atoms with Crippen molar-refractivity contribution in [1.82, 2.24) is 20.1 Å². The minimum absolute atomic E-state index is 0.0353. The Hall–Kier alpha value is -1.88. The summed E-state index contributed by atoms with van der Waals surface area (Å²) in [6, 6.07) is 5.19. The second-order valence-corrected chi connectivity index (χ2v) is 5.75. The Kier molecular flexibility index (Phi) is 4.96. The summed E-state index contributed by atoms with van der Waals surface area (Å²) in [5, 5.41) is 7.40. The fraction of sp³-hybridized carbons (Fsp3) is 0.400. The van der Waals surface area contributed by atoms with Crippen molar-refractivity contribution >= 4 is 17.5 Å². The summed E-state index contributed by atoms with van der Waals surface area (Å²) in [6.07, 6.45) is 3.58. The maximum atomic E-state index is 12.3. The predicted octanol–water partition coefficient (Wildman–Crippen LogP) is 2.87. The van der Waals surface area contributed by atoms with E-state index in [1.54, 1.807) is 23.0 Å². The number of amides is 1. The van der Waals surface area contributed by atoms with Crippen molar-refractivity contribution in [2.75, 3.05) is 0 Å². The summed E-state index contributed by atoms with van der Waals surface area (Å²) < 4.78 is 1.78. The smallest absolute Gasteiger partial charge is 0.251 e. The van der Waals surface area contributed by atoms with Gasteiger partial charge in [0.25, 0.3) is 5.91 Å². The Labute approximate surface area is 129 Å². The molecule has 2 heterocycles. The van der Waals surface area contributed by atoms with Gasteiger partial charge in [-0.3, -0.25) is 9.48 Å². The molecular weight excluding hydrogens is 288 g/mol. The van der Waals surface area contributed by atoms with Crippen LogP contribution in [0, 0.1) is 0 Å². The fourth-order valence-corrected chi connectivity index (χ4v) is 2.20. The molecule has 5 nitrogen and oxygen atoms in total. The molecule has 0 aromatic carbocycles. The number of carbonyl (C=O) groups excluding carboxylic acids is 1. The van der Waals surface area contributed by atoms with Gasteiger partial charge in [-0.2, -0.15) is 5.10 Å². The fourth-order valence-electron chi connectivity index (χ4n) is 1.99. The molecule has 0 fully saturated rings. The van der Waals surface area contributed by atoms with E-state index in [-0.39, 0.29) is 17.9 Å². The molecule has 6 heteroatoms. The van der Waals surface area contributed by atoms with Gasteiger partial charge >= 0.3 is 0 Å². The van der Waals surface area contributed by atoms with Crippen LogP contribution in [0.4, 0.5) is 0 Å². The van der Waals surface area contributed by atoms with E-state index in [1.807, 2.05) is 33.0 Å². The van der Waals surface area contributed by atoms with Crippen LogP contribution in [0.25, 0.3) is 0 Å². The second kappa shape index (κ2) is 6.72. The summed E-state index contributed by atoms with van der Waals surface area (Å²) in [5.41, 5.74) is 1.35. The maximum absolute atomic E-state index is 12.3. The quantitative estimate of drug-likeness (QED) is 0.864. The maximum Gasteiger partial charge on any atom is 0.251 e. The van der Waals surface area contributed by atoms with Crippen LogP contribution in [0.5, 0.6) is 0 Å². The second-order valence-electron chi connectivity index (χ2n) is 5.36. The normalized spacial score (nSPS) is 12.4. The summed E-state index contributed by atoms with van der Waals surface area (Å²) in [5.74, 6) is 0.0672.